The molecule has 3 unspecified atom stereocenters. The van der Waals surface area contributed by atoms with E-state index < -0.39 is 0 Å². The van der Waals surface area contributed by atoms with Gasteiger partial charge in [-0.2, -0.15) is 0 Å². The highest BCUT2D eigenvalue weighted by molar-refractivity contribution is 4.64. The van der Waals surface area contributed by atoms with Gasteiger partial charge in [-0.3, -0.25) is 0 Å². The van der Waals surface area contributed by atoms with Gasteiger partial charge in [0.05, 0.1) is 0 Å². The van der Waals surface area contributed by atoms with Gasteiger partial charge >= 0.3 is 0 Å². The Labute approximate surface area is 117 Å². The Morgan fingerprint density at radius 3 is 1.56 bits per heavy atom. The molecule has 0 aromatic rings. The van der Waals surface area contributed by atoms with E-state index in [9.17, 15) is 0 Å². The first-order valence-electron chi connectivity index (χ1n) is 8.65. The van der Waals surface area contributed by atoms with Crippen LogP contribution < -0.4 is 0 Å². The molecular weight excluding hydrogens is 216 g/mol. The third kappa shape index (κ3) is 9.00. The molecule has 18 heavy (non-hydrogen) atoms. The Bertz CT molecular complexity index is 161. The predicted octanol–water partition coefficient (Wildman–Crippen LogP) is 6.84. The van der Waals surface area contributed by atoms with Crippen molar-refractivity contribution in [3.63, 3.8) is 0 Å². The van der Waals surface area contributed by atoms with Crippen LogP contribution in [0.1, 0.15) is 98.8 Å². The maximum absolute atomic E-state index is 2.47. The molecule has 0 aliphatic heterocycles. The molecule has 0 aromatic heterocycles. The zero-order valence-electron chi connectivity index (χ0n) is 13.8. The normalized spacial score (nSPS) is 16.5. The minimum Gasteiger partial charge on any atom is -0.0654 e. The zero-order valence-corrected chi connectivity index (χ0v) is 13.8. The van der Waals surface area contributed by atoms with Gasteiger partial charge in [0.15, 0.2) is 0 Å². The highest BCUT2D eigenvalue weighted by atomic mass is 14.2. The molecule has 0 heteroatoms. The second-order valence-corrected chi connectivity index (χ2v) is 6.44. The number of unbranched alkanes of at least 4 members (excludes halogenated alkanes) is 2. The lowest BCUT2D eigenvalue weighted by atomic mass is 9.85. The predicted molar refractivity (Wildman–Crippen MR) is 85.0 cm³/mol. The molecule has 110 valence electrons. The quantitative estimate of drug-likeness (QED) is 0.358. The molecule has 0 nitrogen and oxygen atoms in total. The van der Waals surface area contributed by atoms with Crippen LogP contribution in [-0.2, 0) is 0 Å². The molecule has 0 aromatic carbocycles. The summed E-state index contributed by atoms with van der Waals surface area (Å²) in [6.07, 6.45) is 14.2. The zero-order chi connectivity index (χ0) is 13.8. The third-order valence-electron chi connectivity index (χ3n) is 4.80. The average Bonchev–Trinajstić information content (AvgIpc) is 2.39. The summed E-state index contributed by atoms with van der Waals surface area (Å²) < 4.78 is 0. The lowest BCUT2D eigenvalue weighted by Gasteiger charge is -2.21. The summed E-state index contributed by atoms with van der Waals surface area (Å²) in [5, 5.41) is 0. The van der Waals surface area contributed by atoms with E-state index >= 15 is 0 Å². The van der Waals surface area contributed by atoms with Gasteiger partial charge in [-0.15, -0.1) is 0 Å². The standard InChI is InChI=1S/C18H38/c1-6-9-12-16(4)17(5)13-11-15-18(8-3)14-10-7-2/h16-18H,6-15H2,1-5H3. The fraction of sp³-hybridized carbons (Fsp3) is 1.00. The van der Waals surface area contributed by atoms with Gasteiger partial charge in [0.25, 0.3) is 0 Å². The van der Waals surface area contributed by atoms with Crippen LogP contribution in [0.5, 0.6) is 0 Å². The Morgan fingerprint density at radius 2 is 1.06 bits per heavy atom. The second-order valence-electron chi connectivity index (χ2n) is 6.44. The number of rotatable bonds is 12. The topological polar surface area (TPSA) is 0 Å². The molecule has 0 N–H and O–H groups in total. The van der Waals surface area contributed by atoms with Crippen molar-refractivity contribution in [2.24, 2.45) is 17.8 Å². The highest BCUT2D eigenvalue weighted by Gasteiger charge is 2.12. The van der Waals surface area contributed by atoms with Crippen molar-refractivity contribution in [2.45, 2.75) is 98.8 Å². The van der Waals surface area contributed by atoms with Crippen molar-refractivity contribution in [3.8, 4) is 0 Å². The van der Waals surface area contributed by atoms with E-state index in [-0.39, 0.29) is 0 Å². The number of hydrogen-bond acceptors (Lipinski definition) is 0. The van der Waals surface area contributed by atoms with Crippen molar-refractivity contribution in [1.29, 1.82) is 0 Å². The van der Waals surface area contributed by atoms with Crippen LogP contribution in [0.3, 0.4) is 0 Å². The van der Waals surface area contributed by atoms with Crippen molar-refractivity contribution < 1.29 is 0 Å². The smallest absolute Gasteiger partial charge is 0.0417 e. The summed E-state index contributed by atoms with van der Waals surface area (Å²) in [4.78, 5) is 0. The van der Waals surface area contributed by atoms with Crippen LogP contribution in [0, 0.1) is 17.8 Å². The van der Waals surface area contributed by atoms with Crippen LogP contribution >= 0.6 is 0 Å². The van der Waals surface area contributed by atoms with Gasteiger partial charge in [-0.1, -0.05) is 98.8 Å². The lowest BCUT2D eigenvalue weighted by Crippen LogP contribution is -2.09. The Morgan fingerprint density at radius 1 is 0.611 bits per heavy atom. The monoisotopic (exact) mass is 254 g/mol. The Kier molecular flexibility index (Phi) is 12.1. The summed E-state index contributed by atoms with van der Waals surface area (Å²) in [5.41, 5.74) is 0. The molecular formula is C18H38. The van der Waals surface area contributed by atoms with E-state index in [1.807, 2.05) is 0 Å². The second kappa shape index (κ2) is 12.1. The Hall–Kier alpha value is 0. The van der Waals surface area contributed by atoms with Gasteiger partial charge in [-0.25, -0.2) is 0 Å². The van der Waals surface area contributed by atoms with E-state index in [1.54, 1.807) is 0 Å². The first-order valence-corrected chi connectivity index (χ1v) is 8.65. The summed E-state index contributed by atoms with van der Waals surface area (Å²) in [7, 11) is 0. The van der Waals surface area contributed by atoms with Crippen LogP contribution in [0.4, 0.5) is 0 Å². The van der Waals surface area contributed by atoms with Gasteiger partial charge in [0.1, 0.15) is 0 Å². The van der Waals surface area contributed by atoms with Crippen molar-refractivity contribution in [3.05, 3.63) is 0 Å². The van der Waals surface area contributed by atoms with Crippen LogP contribution in [0.25, 0.3) is 0 Å². The molecule has 0 spiro atoms. The minimum atomic E-state index is 0.931. The molecule has 3 atom stereocenters. The summed E-state index contributed by atoms with van der Waals surface area (Å²) >= 11 is 0. The molecule has 0 radical (unpaired) electrons. The fourth-order valence-corrected chi connectivity index (χ4v) is 2.87. The van der Waals surface area contributed by atoms with Crippen LogP contribution in [0.2, 0.25) is 0 Å². The van der Waals surface area contributed by atoms with Gasteiger partial charge < -0.3 is 0 Å². The fourth-order valence-electron chi connectivity index (χ4n) is 2.87. The summed E-state index contributed by atoms with van der Waals surface area (Å²) in [6, 6.07) is 0. The van der Waals surface area contributed by atoms with Gasteiger partial charge in [0.2, 0.25) is 0 Å². The van der Waals surface area contributed by atoms with E-state index in [4.69, 9.17) is 0 Å². The molecule has 0 aliphatic carbocycles. The summed E-state index contributed by atoms with van der Waals surface area (Å²) in [5.74, 6) is 2.86. The van der Waals surface area contributed by atoms with Gasteiger partial charge in [-0.05, 0) is 17.8 Å². The molecule has 0 rings (SSSR count). The van der Waals surface area contributed by atoms with E-state index in [0.29, 0.717) is 0 Å². The molecule has 0 bridgehead atoms. The first-order chi connectivity index (χ1) is 8.65. The molecule has 0 amide bonds. The SMILES string of the molecule is CCCCC(CC)CCCC(C)C(C)CCCC. The molecule has 0 fully saturated rings. The lowest BCUT2D eigenvalue weighted by molar-refractivity contribution is 0.309. The minimum absolute atomic E-state index is 0.931. The van der Waals surface area contributed by atoms with Crippen LogP contribution in [0.15, 0.2) is 0 Å². The molecule has 0 saturated carbocycles. The van der Waals surface area contributed by atoms with Gasteiger partial charge in [0, 0.05) is 0 Å². The maximum atomic E-state index is 2.47. The highest BCUT2D eigenvalue weighted by Crippen LogP contribution is 2.25. The summed E-state index contributed by atoms with van der Waals surface area (Å²) in [6.45, 7) is 11.9. The average molecular weight is 255 g/mol. The van der Waals surface area contributed by atoms with Crippen molar-refractivity contribution in [1.82, 2.24) is 0 Å². The van der Waals surface area contributed by atoms with E-state index in [0.717, 1.165) is 17.8 Å². The number of hydrogen-bond donors (Lipinski definition) is 0. The molecule has 0 heterocycles. The molecule has 0 aliphatic rings. The van der Waals surface area contributed by atoms with Crippen molar-refractivity contribution in [2.75, 3.05) is 0 Å². The van der Waals surface area contributed by atoms with Crippen molar-refractivity contribution >= 4 is 0 Å². The van der Waals surface area contributed by atoms with Crippen LogP contribution in [-0.4, -0.2) is 0 Å². The maximum Gasteiger partial charge on any atom is -0.0417 e. The van der Waals surface area contributed by atoms with E-state index in [1.165, 1.54) is 64.2 Å². The third-order valence-corrected chi connectivity index (χ3v) is 4.80. The van der Waals surface area contributed by atoms with E-state index in [2.05, 4.69) is 34.6 Å². The first kappa shape index (κ1) is 18.0. The largest absolute Gasteiger partial charge is 0.0654 e. The Balaban J connectivity index is 3.66. The molecule has 0 saturated heterocycles.